The second-order valence-electron chi connectivity index (χ2n) is 5.32. The van der Waals surface area contributed by atoms with Gasteiger partial charge in [0.2, 0.25) is 0 Å². The molecular weight excluding hydrogens is 264 g/mol. The minimum Gasteiger partial charge on any atom is -0.497 e. The lowest BCUT2D eigenvalue weighted by Crippen LogP contribution is -2.02. The number of benzene rings is 2. The molecule has 0 amide bonds. The summed E-state index contributed by atoms with van der Waals surface area (Å²) in [6, 6.07) is 16.4. The minimum absolute atomic E-state index is 0.334. The van der Waals surface area contributed by atoms with Crippen molar-refractivity contribution in [1.29, 1.82) is 0 Å². The van der Waals surface area contributed by atoms with Gasteiger partial charge in [-0.25, -0.2) is 0 Å². The molecular formula is C18H20O3. The Hall–Kier alpha value is -2.00. The summed E-state index contributed by atoms with van der Waals surface area (Å²) in [5.41, 5.74) is 2.58. The zero-order chi connectivity index (χ0) is 14.7. The van der Waals surface area contributed by atoms with E-state index in [0.29, 0.717) is 12.2 Å². The van der Waals surface area contributed by atoms with Gasteiger partial charge in [0.25, 0.3) is 0 Å². The molecule has 3 nitrogen and oxygen atoms in total. The zero-order valence-corrected chi connectivity index (χ0v) is 12.4. The highest BCUT2D eigenvalue weighted by molar-refractivity contribution is 5.30. The van der Waals surface area contributed by atoms with Gasteiger partial charge in [0, 0.05) is 12.8 Å². The summed E-state index contributed by atoms with van der Waals surface area (Å²) in [4.78, 5) is 0. The molecule has 2 atom stereocenters. The van der Waals surface area contributed by atoms with E-state index >= 15 is 0 Å². The van der Waals surface area contributed by atoms with Crippen LogP contribution in [0.4, 0.5) is 0 Å². The first-order valence-electron chi connectivity index (χ1n) is 7.20. The van der Waals surface area contributed by atoms with Crippen molar-refractivity contribution in [3.8, 4) is 11.5 Å². The molecule has 0 N–H and O–H groups in total. The zero-order valence-electron chi connectivity index (χ0n) is 12.4. The summed E-state index contributed by atoms with van der Waals surface area (Å²) in [5.74, 6) is 1.79. The molecule has 0 aliphatic carbocycles. The minimum atomic E-state index is 0.334. The van der Waals surface area contributed by atoms with E-state index in [1.807, 2.05) is 24.3 Å². The first kappa shape index (κ1) is 14.0. The maximum Gasteiger partial charge on any atom is 0.118 e. The maximum absolute atomic E-state index is 5.78. The van der Waals surface area contributed by atoms with Crippen molar-refractivity contribution in [1.82, 2.24) is 0 Å². The Kier molecular flexibility index (Phi) is 4.11. The summed E-state index contributed by atoms with van der Waals surface area (Å²) in [5, 5.41) is 0. The number of epoxide rings is 1. The van der Waals surface area contributed by atoms with Crippen LogP contribution in [0.3, 0.4) is 0 Å². The average Bonchev–Trinajstić information content (AvgIpc) is 3.26. The van der Waals surface area contributed by atoms with Crippen LogP contribution < -0.4 is 9.47 Å². The Morgan fingerprint density at radius 2 is 1.10 bits per heavy atom. The number of hydrogen-bond acceptors (Lipinski definition) is 3. The van der Waals surface area contributed by atoms with E-state index in [9.17, 15) is 0 Å². The van der Waals surface area contributed by atoms with Crippen LogP contribution in [0.15, 0.2) is 48.5 Å². The van der Waals surface area contributed by atoms with E-state index in [1.54, 1.807) is 14.2 Å². The number of ether oxygens (including phenoxy) is 3. The molecule has 1 aliphatic heterocycles. The SMILES string of the molecule is COc1ccc(C[C@H]2O[C@@H]2Cc2ccc(OC)cc2)cc1. The standard InChI is InChI=1S/C18H20O3/c1-19-15-7-3-13(4-8-15)11-17-18(21-17)12-14-5-9-16(20-2)10-6-14/h3-10,17-18H,11-12H2,1-2H3/t17-,18-/m1/s1. The Balaban J connectivity index is 1.51. The molecule has 2 aromatic carbocycles. The smallest absolute Gasteiger partial charge is 0.118 e. The summed E-state index contributed by atoms with van der Waals surface area (Å²) in [6.07, 6.45) is 2.59. The predicted molar refractivity (Wildman–Crippen MR) is 82.1 cm³/mol. The second kappa shape index (κ2) is 6.19. The lowest BCUT2D eigenvalue weighted by Gasteiger charge is -2.02. The molecule has 0 radical (unpaired) electrons. The van der Waals surface area contributed by atoms with Gasteiger partial charge in [-0.05, 0) is 35.4 Å². The van der Waals surface area contributed by atoms with Crippen molar-refractivity contribution in [2.45, 2.75) is 25.0 Å². The van der Waals surface area contributed by atoms with Crippen LogP contribution in [0.5, 0.6) is 11.5 Å². The van der Waals surface area contributed by atoms with Crippen LogP contribution in [0.1, 0.15) is 11.1 Å². The molecule has 0 spiro atoms. The van der Waals surface area contributed by atoms with Gasteiger partial charge >= 0.3 is 0 Å². The van der Waals surface area contributed by atoms with E-state index < -0.39 is 0 Å². The van der Waals surface area contributed by atoms with Crippen LogP contribution in [0.2, 0.25) is 0 Å². The van der Waals surface area contributed by atoms with Crippen molar-refractivity contribution < 1.29 is 14.2 Å². The van der Waals surface area contributed by atoms with Gasteiger partial charge in [-0.3, -0.25) is 0 Å². The van der Waals surface area contributed by atoms with Gasteiger partial charge < -0.3 is 14.2 Å². The van der Waals surface area contributed by atoms with Gasteiger partial charge in [0.15, 0.2) is 0 Å². The summed E-state index contributed by atoms with van der Waals surface area (Å²) in [6.45, 7) is 0. The van der Waals surface area contributed by atoms with Crippen LogP contribution in [0.25, 0.3) is 0 Å². The summed E-state index contributed by atoms with van der Waals surface area (Å²) >= 11 is 0. The van der Waals surface area contributed by atoms with Gasteiger partial charge in [0.1, 0.15) is 11.5 Å². The quantitative estimate of drug-likeness (QED) is 0.763. The second-order valence-corrected chi connectivity index (χ2v) is 5.32. The van der Waals surface area contributed by atoms with E-state index in [1.165, 1.54) is 11.1 Å². The van der Waals surface area contributed by atoms with E-state index in [2.05, 4.69) is 24.3 Å². The van der Waals surface area contributed by atoms with Crippen molar-refractivity contribution in [3.63, 3.8) is 0 Å². The Morgan fingerprint density at radius 1 is 0.714 bits per heavy atom. The van der Waals surface area contributed by atoms with Crippen molar-refractivity contribution >= 4 is 0 Å². The van der Waals surface area contributed by atoms with Crippen LogP contribution in [-0.2, 0) is 17.6 Å². The first-order chi connectivity index (χ1) is 10.3. The molecule has 21 heavy (non-hydrogen) atoms. The van der Waals surface area contributed by atoms with E-state index in [0.717, 1.165) is 24.3 Å². The third kappa shape index (κ3) is 3.56. The fraction of sp³-hybridized carbons (Fsp3) is 0.333. The van der Waals surface area contributed by atoms with Gasteiger partial charge in [0.05, 0.1) is 26.4 Å². The summed E-state index contributed by atoms with van der Waals surface area (Å²) < 4.78 is 16.1. The molecule has 3 rings (SSSR count). The van der Waals surface area contributed by atoms with Crippen molar-refractivity contribution in [2.24, 2.45) is 0 Å². The van der Waals surface area contributed by atoms with Gasteiger partial charge in [-0.15, -0.1) is 0 Å². The highest BCUT2D eigenvalue weighted by Crippen LogP contribution is 2.30. The molecule has 3 heteroatoms. The molecule has 110 valence electrons. The molecule has 1 saturated heterocycles. The van der Waals surface area contributed by atoms with Gasteiger partial charge in [-0.1, -0.05) is 24.3 Å². The lowest BCUT2D eigenvalue weighted by atomic mass is 10.0. The fourth-order valence-electron chi connectivity index (χ4n) is 2.53. The molecule has 1 aliphatic rings. The van der Waals surface area contributed by atoms with Crippen molar-refractivity contribution in [2.75, 3.05) is 14.2 Å². The Labute approximate surface area is 125 Å². The fourth-order valence-corrected chi connectivity index (χ4v) is 2.53. The van der Waals surface area contributed by atoms with Crippen LogP contribution in [0, 0.1) is 0 Å². The Bertz CT molecular complexity index is 521. The number of hydrogen-bond donors (Lipinski definition) is 0. The van der Waals surface area contributed by atoms with Crippen LogP contribution in [-0.4, -0.2) is 26.4 Å². The number of rotatable bonds is 6. The van der Waals surface area contributed by atoms with Crippen molar-refractivity contribution in [3.05, 3.63) is 59.7 Å². The molecule has 0 unspecified atom stereocenters. The Morgan fingerprint density at radius 3 is 1.43 bits per heavy atom. The monoisotopic (exact) mass is 284 g/mol. The highest BCUT2D eigenvalue weighted by Gasteiger charge is 2.38. The van der Waals surface area contributed by atoms with Crippen LogP contribution >= 0.6 is 0 Å². The molecule has 0 aromatic heterocycles. The normalized spacial score (nSPS) is 20.1. The van der Waals surface area contributed by atoms with E-state index in [4.69, 9.17) is 14.2 Å². The molecule has 0 bridgehead atoms. The highest BCUT2D eigenvalue weighted by atomic mass is 16.6. The molecule has 1 heterocycles. The number of methoxy groups -OCH3 is 2. The predicted octanol–water partition coefficient (Wildman–Crippen LogP) is 3.26. The summed E-state index contributed by atoms with van der Waals surface area (Å²) in [7, 11) is 3.37. The maximum atomic E-state index is 5.78. The molecule has 0 saturated carbocycles. The van der Waals surface area contributed by atoms with Gasteiger partial charge in [-0.2, -0.15) is 0 Å². The van der Waals surface area contributed by atoms with E-state index in [-0.39, 0.29) is 0 Å². The third-order valence-electron chi connectivity index (χ3n) is 3.88. The topological polar surface area (TPSA) is 31.0 Å². The lowest BCUT2D eigenvalue weighted by molar-refractivity contribution is 0.368. The largest absolute Gasteiger partial charge is 0.497 e. The average molecular weight is 284 g/mol. The third-order valence-corrected chi connectivity index (χ3v) is 3.88. The molecule has 1 fully saturated rings. The first-order valence-corrected chi connectivity index (χ1v) is 7.20. The molecule has 2 aromatic rings.